The Labute approximate surface area is 89.2 Å². The minimum absolute atomic E-state index is 0.113. The molecule has 78 valence electrons. The molecule has 0 amide bonds. The number of fused-ring (bicyclic) bond motifs is 1. The Bertz CT molecular complexity index is 525. The Morgan fingerprint density at radius 3 is 2.67 bits per heavy atom. The molecular formula is C13H15NO. The molecule has 0 aliphatic carbocycles. The van der Waals surface area contributed by atoms with Crippen LogP contribution in [0.25, 0.3) is 10.8 Å². The first kappa shape index (κ1) is 9.97. The van der Waals surface area contributed by atoms with Crippen LogP contribution >= 0.6 is 0 Å². The normalized spacial score (nSPS) is 11.1. The fourth-order valence-electron chi connectivity index (χ4n) is 1.77. The Balaban J connectivity index is 2.60. The molecule has 0 unspecified atom stereocenters. The molecular weight excluding hydrogens is 186 g/mol. The summed E-state index contributed by atoms with van der Waals surface area (Å²) >= 11 is 0. The van der Waals surface area contributed by atoms with E-state index < -0.39 is 0 Å². The lowest BCUT2D eigenvalue weighted by molar-refractivity contribution is 0.513. The molecule has 1 heterocycles. The summed E-state index contributed by atoms with van der Waals surface area (Å²) in [6, 6.07) is 9.71. The van der Waals surface area contributed by atoms with Crippen molar-refractivity contribution in [1.82, 2.24) is 4.57 Å². The van der Waals surface area contributed by atoms with Gasteiger partial charge in [0.2, 0.25) is 0 Å². The summed E-state index contributed by atoms with van der Waals surface area (Å²) in [4.78, 5) is 12.0. The largest absolute Gasteiger partial charge is 0.315 e. The van der Waals surface area contributed by atoms with Crippen LogP contribution in [0.2, 0.25) is 0 Å². The van der Waals surface area contributed by atoms with Crippen LogP contribution in [0, 0.1) is 5.92 Å². The second-order valence-corrected chi connectivity index (χ2v) is 4.25. The number of hydrogen-bond donors (Lipinski definition) is 0. The Kier molecular flexibility index (Phi) is 2.58. The highest BCUT2D eigenvalue weighted by Crippen LogP contribution is 2.08. The third-order valence-corrected chi connectivity index (χ3v) is 2.45. The van der Waals surface area contributed by atoms with E-state index in [-0.39, 0.29) is 5.56 Å². The van der Waals surface area contributed by atoms with Crippen molar-refractivity contribution in [1.29, 1.82) is 0 Å². The van der Waals surface area contributed by atoms with Crippen molar-refractivity contribution >= 4 is 10.8 Å². The summed E-state index contributed by atoms with van der Waals surface area (Å²) in [5, 5.41) is 1.82. The fourth-order valence-corrected chi connectivity index (χ4v) is 1.77. The molecule has 0 aliphatic rings. The number of pyridine rings is 1. The van der Waals surface area contributed by atoms with Gasteiger partial charge in [-0.2, -0.15) is 0 Å². The molecule has 0 aliphatic heterocycles. The van der Waals surface area contributed by atoms with E-state index in [0.29, 0.717) is 5.92 Å². The summed E-state index contributed by atoms with van der Waals surface area (Å²) in [6.45, 7) is 5.01. The van der Waals surface area contributed by atoms with E-state index >= 15 is 0 Å². The first-order valence-electron chi connectivity index (χ1n) is 5.26. The molecule has 0 atom stereocenters. The predicted molar refractivity (Wildman–Crippen MR) is 63.0 cm³/mol. The SMILES string of the molecule is CC(C)Cn1ccc2ccccc2c1=O. The van der Waals surface area contributed by atoms with E-state index in [1.165, 1.54) is 0 Å². The van der Waals surface area contributed by atoms with Crippen molar-refractivity contribution < 1.29 is 0 Å². The summed E-state index contributed by atoms with van der Waals surface area (Å²) < 4.78 is 1.78. The van der Waals surface area contributed by atoms with E-state index in [0.717, 1.165) is 17.3 Å². The van der Waals surface area contributed by atoms with Crippen molar-refractivity contribution in [2.45, 2.75) is 20.4 Å². The van der Waals surface area contributed by atoms with Crippen LogP contribution in [0.15, 0.2) is 41.3 Å². The lowest BCUT2D eigenvalue weighted by atomic mass is 10.1. The Morgan fingerprint density at radius 1 is 1.20 bits per heavy atom. The zero-order valence-corrected chi connectivity index (χ0v) is 9.10. The van der Waals surface area contributed by atoms with Crippen LogP contribution in [0.5, 0.6) is 0 Å². The van der Waals surface area contributed by atoms with Gasteiger partial charge in [-0.25, -0.2) is 0 Å². The molecule has 1 aromatic carbocycles. The van der Waals surface area contributed by atoms with Crippen LogP contribution in [0.3, 0.4) is 0 Å². The summed E-state index contributed by atoms with van der Waals surface area (Å²) in [6.07, 6.45) is 1.88. The molecule has 0 saturated carbocycles. The highest BCUT2D eigenvalue weighted by Gasteiger charge is 2.02. The summed E-state index contributed by atoms with van der Waals surface area (Å²) in [5.74, 6) is 0.490. The van der Waals surface area contributed by atoms with E-state index in [1.54, 1.807) is 4.57 Å². The molecule has 15 heavy (non-hydrogen) atoms. The predicted octanol–water partition coefficient (Wildman–Crippen LogP) is 2.66. The van der Waals surface area contributed by atoms with Gasteiger partial charge in [0.05, 0.1) is 0 Å². The first-order chi connectivity index (χ1) is 7.18. The van der Waals surface area contributed by atoms with Crippen molar-refractivity contribution in [3.8, 4) is 0 Å². The van der Waals surface area contributed by atoms with Gasteiger partial charge in [-0.3, -0.25) is 4.79 Å². The average Bonchev–Trinajstić information content (AvgIpc) is 2.22. The molecule has 0 saturated heterocycles. The van der Waals surface area contributed by atoms with Gasteiger partial charge >= 0.3 is 0 Å². The Morgan fingerprint density at radius 2 is 1.93 bits per heavy atom. The van der Waals surface area contributed by atoms with Crippen molar-refractivity contribution in [3.63, 3.8) is 0 Å². The maximum Gasteiger partial charge on any atom is 0.258 e. The van der Waals surface area contributed by atoms with Gasteiger partial charge in [0.25, 0.3) is 5.56 Å². The lowest BCUT2D eigenvalue weighted by Crippen LogP contribution is -2.21. The Hall–Kier alpha value is -1.57. The molecule has 1 aromatic heterocycles. The smallest absolute Gasteiger partial charge is 0.258 e. The maximum atomic E-state index is 12.0. The molecule has 0 radical (unpaired) electrons. The summed E-state index contributed by atoms with van der Waals surface area (Å²) in [5.41, 5.74) is 0.113. The standard InChI is InChI=1S/C13H15NO/c1-10(2)9-14-8-7-11-5-3-4-6-12(11)13(14)15/h3-8,10H,9H2,1-2H3. The molecule has 2 rings (SSSR count). The van der Waals surface area contributed by atoms with Crippen LogP contribution < -0.4 is 5.56 Å². The number of hydrogen-bond acceptors (Lipinski definition) is 1. The monoisotopic (exact) mass is 201 g/mol. The molecule has 0 N–H and O–H groups in total. The third kappa shape index (κ3) is 1.94. The number of benzene rings is 1. The number of aromatic nitrogens is 1. The van der Waals surface area contributed by atoms with Gasteiger partial charge in [0, 0.05) is 18.1 Å². The van der Waals surface area contributed by atoms with Crippen LogP contribution in [0.1, 0.15) is 13.8 Å². The van der Waals surface area contributed by atoms with Gasteiger partial charge in [-0.1, -0.05) is 32.0 Å². The van der Waals surface area contributed by atoms with Gasteiger partial charge in [0.1, 0.15) is 0 Å². The topological polar surface area (TPSA) is 22.0 Å². The van der Waals surface area contributed by atoms with Crippen molar-refractivity contribution in [2.75, 3.05) is 0 Å². The molecule has 2 nitrogen and oxygen atoms in total. The van der Waals surface area contributed by atoms with Crippen LogP contribution in [-0.2, 0) is 6.54 Å². The second-order valence-electron chi connectivity index (χ2n) is 4.25. The van der Waals surface area contributed by atoms with Gasteiger partial charge in [-0.15, -0.1) is 0 Å². The van der Waals surface area contributed by atoms with E-state index in [4.69, 9.17) is 0 Å². The quantitative estimate of drug-likeness (QED) is 0.732. The van der Waals surface area contributed by atoms with Gasteiger partial charge in [-0.05, 0) is 23.4 Å². The van der Waals surface area contributed by atoms with Crippen LogP contribution in [0.4, 0.5) is 0 Å². The van der Waals surface area contributed by atoms with E-state index in [1.807, 2.05) is 36.5 Å². The lowest BCUT2D eigenvalue weighted by Gasteiger charge is -2.09. The molecule has 0 spiro atoms. The highest BCUT2D eigenvalue weighted by atomic mass is 16.1. The molecule has 2 aromatic rings. The average molecular weight is 201 g/mol. The van der Waals surface area contributed by atoms with Gasteiger partial charge in [0.15, 0.2) is 0 Å². The third-order valence-electron chi connectivity index (χ3n) is 2.45. The van der Waals surface area contributed by atoms with Crippen molar-refractivity contribution in [3.05, 3.63) is 46.9 Å². The number of nitrogens with zero attached hydrogens (tertiary/aromatic N) is 1. The zero-order chi connectivity index (χ0) is 10.8. The zero-order valence-electron chi connectivity index (χ0n) is 9.10. The first-order valence-corrected chi connectivity index (χ1v) is 5.26. The molecule has 2 heteroatoms. The summed E-state index contributed by atoms with van der Waals surface area (Å²) in [7, 11) is 0. The van der Waals surface area contributed by atoms with E-state index in [2.05, 4.69) is 13.8 Å². The highest BCUT2D eigenvalue weighted by molar-refractivity contribution is 5.81. The molecule has 0 fully saturated rings. The minimum Gasteiger partial charge on any atom is -0.315 e. The van der Waals surface area contributed by atoms with E-state index in [9.17, 15) is 4.79 Å². The minimum atomic E-state index is 0.113. The molecule has 0 bridgehead atoms. The van der Waals surface area contributed by atoms with Gasteiger partial charge < -0.3 is 4.57 Å². The fraction of sp³-hybridized carbons (Fsp3) is 0.308. The van der Waals surface area contributed by atoms with Crippen molar-refractivity contribution in [2.24, 2.45) is 5.92 Å². The maximum absolute atomic E-state index is 12.0. The van der Waals surface area contributed by atoms with Crippen LogP contribution in [-0.4, -0.2) is 4.57 Å². The second kappa shape index (κ2) is 3.89. The number of rotatable bonds is 2.